The normalized spacial score (nSPS) is 11.2. The Morgan fingerprint density at radius 3 is 2.67 bits per heavy atom. The van der Waals surface area contributed by atoms with Crippen LogP contribution >= 0.6 is 23.4 Å². The predicted molar refractivity (Wildman–Crippen MR) is 97.2 cm³/mol. The van der Waals surface area contributed by atoms with E-state index in [9.17, 15) is 0 Å². The third kappa shape index (κ3) is 2.92. The molecule has 4 nitrogen and oxygen atoms in total. The van der Waals surface area contributed by atoms with Gasteiger partial charge in [-0.1, -0.05) is 35.5 Å². The van der Waals surface area contributed by atoms with E-state index in [2.05, 4.69) is 20.6 Å². The van der Waals surface area contributed by atoms with Crippen molar-refractivity contribution in [2.45, 2.75) is 10.9 Å². The molecule has 24 heavy (non-hydrogen) atoms. The molecule has 0 N–H and O–H groups in total. The number of hydrogen-bond donors (Lipinski definition) is 0. The number of halogens is 1. The molecule has 0 aliphatic heterocycles. The molecule has 0 fully saturated rings. The molecule has 120 valence electrons. The van der Waals surface area contributed by atoms with Gasteiger partial charge in [0.05, 0.1) is 16.7 Å². The predicted octanol–water partition coefficient (Wildman–Crippen LogP) is 5.17. The maximum Gasteiger partial charge on any atom is 0.226 e. The summed E-state index contributed by atoms with van der Waals surface area (Å²) in [5, 5.41) is 1.66. The molecule has 6 heteroatoms. The van der Waals surface area contributed by atoms with E-state index in [0.29, 0.717) is 16.7 Å². The molecule has 4 aromatic rings. The molecule has 2 aromatic heterocycles. The second-order valence-electron chi connectivity index (χ2n) is 5.38. The van der Waals surface area contributed by atoms with Gasteiger partial charge in [0.2, 0.25) is 5.89 Å². The molecule has 2 aromatic carbocycles. The summed E-state index contributed by atoms with van der Waals surface area (Å²) < 4.78 is 7.67. The van der Waals surface area contributed by atoms with Crippen LogP contribution in [0.25, 0.3) is 22.5 Å². The summed E-state index contributed by atoms with van der Waals surface area (Å²) in [7, 11) is 2.03. The Hall–Kier alpha value is -2.24. The number of para-hydroxylation sites is 2. The van der Waals surface area contributed by atoms with Gasteiger partial charge in [-0.2, -0.15) is 0 Å². The molecule has 0 unspecified atom stereocenters. The van der Waals surface area contributed by atoms with Crippen LogP contribution in [0.2, 0.25) is 5.02 Å². The first-order valence-corrected chi connectivity index (χ1v) is 8.81. The Balaban J connectivity index is 1.51. The largest absolute Gasteiger partial charge is 0.444 e. The van der Waals surface area contributed by atoms with Gasteiger partial charge >= 0.3 is 0 Å². The lowest BCUT2D eigenvalue weighted by Crippen LogP contribution is -1.91. The minimum atomic E-state index is 0.604. The lowest BCUT2D eigenvalue weighted by atomic mass is 10.2. The first-order valence-electron chi connectivity index (χ1n) is 7.45. The van der Waals surface area contributed by atoms with Crippen LogP contribution in [0.4, 0.5) is 0 Å². The number of benzene rings is 2. The number of hydrogen-bond acceptors (Lipinski definition) is 4. The standard InChI is InChI=1S/C18H14ClN3OS/c1-22-16-5-3-2-4-15(16)21-18(22)24-11-14-10-23-17(20-14)12-6-8-13(19)9-7-12/h2-10H,11H2,1H3. The summed E-state index contributed by atoms with van der Waals surface area (Å²) in [6.45, 7) is 0. The fourth-order valence-corrected chi connectivity index (χ4v) is 3.48. The van der Waals surface area contributed by atoms with E-state index in [1.807, 2.05) is 49.5 Å². The fourth-order valence-electron chi connectivity index (χ4n) is 2.49. The molecule has 0 amide bonds. The molecule has 0 saturated carbocycles. The smallest absolute Gasteiger partial charge is 0.226 e. The van der Waals surface area contributed by atoms with Crippen LogP contribution in [0, 0.1) is 0 Å². The van der Waals surface area contributed by atoms with Crippen molar-refractivity contribution in [3.63, 3.8) is 0 Å². The van der Waals surface area contributed by atoms with Crippen molar-refractivity contribution in [1.82, 2.24) is 14.5 Å². The van der Waals surface area contributed by atoms with E-state index < -0.39 is 0 Å². The van der Waals surface area contributed by atoms with Gasteiger partial charge in [-0.25, -0.2) is 9.97 Å². The molecule has 0 atom stereocenters. The van der Waals surface area contributed by atoms with Gasteiger partial charge < -0.3 is 8.98 Å². The minimum Gasteiger partial charge on any atom is -0.444 e. The Morgan fingerprint density at radius 2 is 1.88 bits per heavy atom. The van der Waals surface area contributed by atoms with Crippen LogP contribution in [0.1, 0.15) is 5.69 Å². The second-order valence-corrected chi connectivity index (χ2v) is 6.76. The summed E-state index contributed by atoms with van der Waals surface area (Å²) in [5.41, 5.74) is 3.93. The number of rotatable bonds is 4. The van der Waals surface area contributed by atoms with Crippen molar-refractivity contribution in [2.24, 2.45) is 7.05 Å². The van der Waals surface area contributed by atoms with E-state index in [1.165, 1.54) is 0 Å². The summed E-state index contributed by atoms with van der Waals surface area (Å²) in [4.78, 5) is 9.20. The number of thioether (sulfide) groups is 1. The highest BCUT2D eigenvalue weighted by Gasteiger charge is 2.11. The fraction of sp³-hybridized carbons (Fsp3) is 0.111. The van der Waals surface area contributed by atoms with E-state index >= 15 is 0 Å². The van der Waals surface area contributed by atoms with Crippen molar-refractivity contribution in [3.8, 4) is 11.5 Å². The van der Waals surface area contributed by atoms with E-state index in [4.69, 9.17) is 16.0 Å². The quantitative estimate of drug-likeness (QED) is 0.473. The van der Waals surface area contributed by atoms with Crippen LogP contribution in [0.3, 0.4) is 0 Å². The highest BCUT2D eigenvalue weighted by atomic mass is 35.5. The summed E-state index contributed by atoms with van der Waals surface area (Å²) in [6.07, 6.45) is 1.69. The van der Waals surface area contributed by atoms with Gasteiger partial charge in [0, 0.05) is 23.4 Å². The summed E-state index contributed by atoms with van der Waals surface area (Å²) >= 11 is 7.55. The highest BCUT2D eigenvalue weighted by Crippen LogP contribution is 2.27. The lowest BCUT2D eigenvalue weighted by Gasteiger charge is -2.00. The number of aromatic nitrogens is 3. The minimum absolute atomic E-state index is 0.604. The first-order chi connectivity index (χ1) is 11.7. The van der Waals surface area contributed by atoms with Crippen molar-refractivity contribution in [3.05, 3.63) is 65.5 Å². The van der Waals surface area contributed by atoms with Crippen LogP contribution in [-0.4, -0.2) is 14.5 Å². The first kappa shape index (κ1) is 15.3. The van der Waals surface area contributed by atoms with Gasteiger partial charge in [-0.05, 0) is 36.4 Å². The van der Waals surface area contributed by atoms with Crippen LogP contribution in [-0.2, 0) is 12.8 Å². The van der Waals surface area contributed by atoms with Crippen LogP contribution in [0.5, 0.6) is 0 Å². The molecule has 0 radical (unpaired) electrons. The second kappa shape index (κ2) is 6.34. The molecule has 2 heterocycles. The Kier molecular flexibility index (Phi) is 4.04. The maximum absolute atomic E-state index is 5.91. The number of aryl methyl sites for hydroxylation is 1. The average molecular weight is 356 g/mol. The van der Waals surface area contributed by atoms with Gasteiger partial charge in [-0.15, -0.1) is 0 Å². The Bertz CT molecular complexity index is 991. The molecule has 0 bridgehead atoms. The SMILES string of the molecule is Cn1c(SCc2coc(-c3ccc(Cl)cc3)n2)nc2ccccc21. The van der Waals surface area contributed by atoms with Crippen molar-refractivity contribution >= 4 is 34.4 Å². The van der Waals surface area contributed by atoms with E-state index in [-0.39, 0.29) is 0 Å². The Morgan fingerprint density at radius 1 is 1.08 bits per heavy atom. The van der Waals surface area contributed by atoms with Gasteiger partial charge in [0.1, 0.15) is 6.26 Å². The van der Waals surface area contributed by atoms with Crippen LogP contribution < -0.4 is 0 Å². The molecule has 0 aliphatic rings. The molecule has 0 spiro atoms. The van der Waals surface area contributed by atoms with Crippen molar-refractivity contribution in [1.29, 1.82) is 0 Å². The summed E-state index contributed by atoms with van der Waals surface area (Å²) in [6, 6.07) is 15.6. The molecule has 4 rings (SSSR count). The Labute approximate surface area is 148 Å². The zero-order valence-corrected chi connectivity index (χ0v) is 14.5. The average Bonchev–Trinajstić information content (AvgIpc) is 3.19. The number of fused-ring (bicyclic) bond motifs is 1. The number of oxazole rings is 1. The maximum atomic E-state index is 5.91. The third-order valence-corrected chi connectivity index (χ3v) is 5.05. The van der Waals surface area contributed by atoms with E-state index in [0.717, 1.165) is 27.4 Å². The molecular formula is C18H14ClN3OS. The molecule has 0 aliphatic carbocycles. The topological polar surface area (TPSA) is 43.9 Å². The monoisotopic (exact) mass is 355 g/mol. The van der Waals surface area contributed by atoms with Gasteiger partial charge in [-0.3, -0.25) is 0 Å². The van der Waals surface area contributed by atoms with Crippen molar-refractivity contribution < 1.29 is 4.42 Å². The zero-order valence-electron chi connectivity index (χ0n) is 12.9. The van der Waals surface area contributed by atoms with Gasteiger partial charge in [0.25, 0.3) is 0 Å². The lowest BCUT2D eigenvalue weighted by molar-refractivity contribution is 0.573. The number of nitrogens with zero attached hydrogens (tertiary/aromatic N) is 3. The third-order valence-electron chi connectivity index (χ3n) is 3.74. The summed E-state index contributed by atoms with van der Waals surface area (Å²) in [5.74, 6) is 1.31. The molecular weight excluding hydrogens is 342 g/mol. The van der Waals surface area contributed by atoms with Gasteiger partial charge in [0.15, 0.2) is 5.16 Å². The number of imidazole rings is 1. The van der Waals surface area contributed by atoms with E-state index in [1.54, 1.807) is 18.0 Å². The zero-order chi connectivity index (χ0) is 16.5. The highest BCUT2D eigenvalue weighted by molar-refractivity contribution is 7.98. The van der Waals surface area contributed by atoms with Crippen LogP contribution in [0.15, 0.2) is 64.4 Å². The van der Waals surface area contributed by atoms with Crippen molar-refractivity contribution in [2.75, 3.05) is 0 Å². The molecule has 0 saturated heterocycles.